The molecule has 3 aromatic carbocycles. The van der Waals surface area contributed by atoms with Crippen LogP contribution in [-0.4, -0.2) is 26.8 Å². The first-order valence-electron chi connectivity index (χ1n) is 10.5. The molecular weight excluding hydrogens is 485 g/mol. The summed E-state index contributed by atoms with van der Waals surface area (Å²) in [5, 5.41) is 8.09. The van der Waals surface area contributed by atoms with Gasteiger partial charge in [-0.25, -0.2) is 4.98 Å². The molecule has 0 aliphatic rings. The molecule has 0 radical (unpaired) electrons. The lowest BCUT2D eigenvalue weighted by molar-refractivity contribution is 0.101. The van der Waals surface area contributed by atoms with E-state index in [0.29, 0.717) is 33.5 Å². The Bertz CT molecular complexity index is 1560. The van der Waals surface area contributed by atoms with Crippen molar-refractivity contribution in [3.05, 3.63) is 106 Å². The fraction of sp³-hybridized carbons (Fsp3) is 0. The second kappa shape index (κ2) is 9.58. The normalized spacial score (nSPS) is 10.8. The van der Waals surface area contributed by atoms with Crippen LogP contribution >= 0.6 is 23.2 Å². The number of aromatic nitrogens is 3. The van der Waals surface area contributed by atoms with Crippen molar-refractivity contribution in [3.63, 3.8) is 0 Å². The average Bonchev–Trinajstić information content (AvgIpc) is 3.38. The van der Waals surface area contributed by atoms with Gasteiger partial charge in [-0.15, -0.1) is 0 Å². The fourth-order valence-electron chi connectivity index (χ4n) is 3.67. The van der Waals surface area contributed by atoms with Gasteiger partial charge in [0.2, 0.25) is 5.95 Å². The lowest BCUT2D eigenvalue weighted by atomic mass is 10.0. The zero-order chi connectivity index (χ0) is 24.4. The topological polar surface area (TPSA) is 99.8 Å². The van der Waals surface area contributed by atoms with Crippen LogP contribution in [0.5, 0.6) is 0 Å². The van der Waals surface area contributed by atoms with Gasteiger partial charge in [0.25, 0.3) is 11.8 Å². The van der Waals surface area contributed by atoms with Crippen molar-refractivity contribution in [3.8, 4) is 11.3 Å². The molecule has 2 heterocycles. The number of carbonyl (C=O) groups excluding carboxylic acids is 2. The third kappa shape index (κ3) is 4.73. The molecule has 35 heavy (non-hydrogen) atoms. The summed E-state index contributed by atoms with van der Waals surface area (Å²) < 4.78 is 0. The standard InChI is InChI=1S/C26H17Cl2N5O2/c27-21-8-6-17(14-20(21)23-18-4-2-1-3-15(18)9-10-29-23)32-25(35)19-7-5-16(13-22(19)28)24(34)33-26-30-11-12-31-26/h1-14H,(H,32,35)(H2,30,31,33,34). The van der Waals surface area contributed by atoms with Crippen molar-refractivity contribution in [2.75, 3.05) is 10.6 Å². The molecule has 0 spiro atoms. The Morgan fingerprint density at radius 1 is 0.800 bits per heavy atom. The van der Waals surface area contributed by atoms with Crippen molar-refractivity contribution in [1.29, 1.82) is 0 Å². The van der Waals surface area contributed by atoms with Gasteiger partial charge in [0.05, 0.1) is 21.3 Å². The van der Waals surface area contributed by atoms with Crippen LogP contribution < -0.4 is 10.6 Å². The maximum absolute atomic E-state index is 13.0. The Kier molecular flexibility index (Phi) is 6.18. The first-order valence-corrected chi connectivity index (χ1v) is 11.3. The van der Waals surface area contributed by atoms with E-state index in [4.69, 9.17) is 23.2 Å². The molecule has 2 amide bonds. The summed E-state index contributed by atoms with van der Waals surface area (Å²) >= 11 is 12.8. The number of benzene rings is 3. The van der Waals surface area contributed by atoms with Gasteiger partial charge >= 0.3 is 0 Å². The Hall–Kier alpha value is -4.20. The molecule has 7 nitrogen and oxygen atoms in total. The van der Waals surface area contributed by atoms with E-state index in [1.807, 2.05) is 30.3 Å². The lowest BCUT2D eigenvalue weighted by Gasteiger charge is -2.12. The van der Waals surface area contributed by atoms with Gasteiger partial charge < -0.3 is 10.3 Å². The summed E-state index contributed by atoms with van der Waals surface area (Å²) in [5.74, 6) is -0.516. The minimum Gasteiger partial charge on any atom is -0.331 e. The Morgan fingerprint density at radius 2 is 1.66 bits per heavy atom. The summed E-state index contributed by atoms with van der Waals surface area (Å²) in [6.07, 6.45) is 4.84. The number of nitrogens with zero attached hydrogens (tertiary/aromatic N) is 2. The molecule has 2 aromatic heterocycles. The van der Waals surface area contributed by atoms with E-state index in [2.05, 4.69) is 25.6 Å². The molecule has 0 unspecified atom stereocenters. The largest absolute Gasteiger partial charge is 0.331 e. The van der Waals surface area contributed by atoms with E-state index in [1.54, 1.807) is 30.6 Å². The first-order chi connectivity index (χ1) is 17.0. The molecular formula is C26H17Cl2N5O2. The van der Waals surface area contributed by atoms with E-state index >= 15 is 0 Å². The van der Waals surface area contributed by atoms with Gasteiger partial charge in [0.15, 0.2) is 0 Å². The van der Waals surface area contributed by atoms with Gasteiger partial charge in [-0.3, -0.25) is 19.9 Å². The molecule has 0 bridgehead atoms. The quantitative estimate of drug-likeness (QED) is 0.258. The third-order valence-electron chi connectivity index (χ3n) is 5.36. The van der Waals surface area contributed by atoms with Crippen molar-refractivity contribution in [1.82, 2.24) is 15.0 Å². The summed E-state index contributed by atoms with van der Waals surface area (Å²) in [5.41, 5.74) is 2.45. The van der Waals surface area contributed by atoms with Gasteiger partial charge in [-0.1, -0.05) is 47.5 Å². The molecule has 0 aliphatic carbocycles. The minimum atomic E-state index is -0.424. The van der Waals surface area contributed by atoms with Crippen molar-refractivity contribution in [2.24, 2.45) is 0 Å². The number of anilines is 2. The molecule has 172 valence electrons. The van der Waals surface area contributed by atoms with Gasteiger partial charge in [0.1, 0.15) is 0 Å². The van der Waals surface area contributed by atoms with Crippen LogP contribution in [-0.2, 0) is 0 Å². The second-order valence-corrected chi connectivity index (χ2v) is 8.43. The number of nitrogens with one attached hydrogen (secondary N) is 3. The highest BCUT2D eigenvalue weighted by Crippen LogP contribution is 2.34. The molecule has 3 N–H and O–H groups in total. The molecule has 0 atom stereocenters. The Morgan fingerprint density at radius 3 is 2.46 bits per heavy atom. The SMILES string of the molecule is O=C(Nc1ncc[nH]1)c1ccc(C(=O)Nc2ccc(Cl)c(-c3nccc4ccccc34)c2)c(Cl)c1. The number of H-pyrrole nitrogens is 1. The zero-order valence-electron chi connectivity index (χ0n) is 18.0. The smallest absolute Gasteiger partial charge is 0.258 e. The Balaban J connectivity index is 1.39. The van der Waals surface area contributed by atoms with Crippen LogP contribution in [0.25, 0.3) is 22.0 Å². The highest BCUT2D eigenvalue weighted by atomic mass is 35.5. The number of rotatable bonds is 5. The first kappa shape index (κ1) is 22.6. The van der Waals surface area contributed by atoms with E-state index in [0.717, 1.165) is 10.8 Å². The number of aromatic amines is 1. The maximum Gasteiger partial charge on any atom is 0.258 e. The fourth-order valence-corrected chi connectivity index (χ4v) is 4.14. The van der Waals surface area contributed by atoms with Crippen LogP contribution in [0.2, 0.25) is 10.0 Å². The minimum absolute atomic E-state index is 0.138. The predicted octanol–water partition coefficient (Wildman–Crippen LogP) is 6.44. The molecule has 0 saturated carbocycles. The molecule has 0 fully saturated rings. The van der Waals surface area contributed by atoms with Crippen molar-refractivity contribution >= 4 is 57.4 Å². The van der Waals surface area contributed by atoms with Crippen LogP contribution in [0.3, 0.4) is 0 Å². The summed E-state index contributed by atoms with van der Waals surface area (Å²) in [6.45, 7) is 0. The van der Waals surface area contributed by atoms with E-state index in [1.165, 1.54) is 24.4 Å². The van der Waals surface area contributed by atoms with Crippen LogP contribution in [0.1, 0.15) is 20.7 Å². The van der Waals surface area contributed by atoms with Crippen LogP contribution in [0.4, 0.5) is 11.6 Å². The van der Waals surface area contributed by atoms with Crippen LogP contribution in [0, 0.1) is 0 Å². The molecule has 5 aromatic rings. The number of halogens is 2. The van der Waals surface area contributed by atoms with Gasteiger partial charge in [0, 0.05) is 40.8 Å². The average molecular weight is 502 g/mol. The highest BCUT2D eigenvalue weighted by Gasteiger charge is 2.16. The number of carbonyl (C=O) groups is 2. The van der Waals surface area contributed by atoms with Gasteiger partial charge in [-0.05, 0) is 47.9 Å². The number of pyridine rings is 1. The van der Waals surface area contributed by atoms with E-state index < -0.39 is 11.8 Å². The summed E-state index contributed by atoms with van der Waals surface area (Å²) in [7, 11) is 0. The number of amides is 2. The zero-order valence-corrected chi connectivity index (χ0v) is 19.6. The predicted molar refractivity (Wildman–Crippen MR) is 138 cm³/mol. The lowest BCUT2D eigenvalue weighted by Crippen LogP contribution is -2.15. The van der Waals surface area contributed by atoms with E-state index in [9.17, 15) is 9.59 Å². The number of imidazole rings is 1. The molecule has 0 aliphatic heterocycles. The summed E-state index contributed by atoms with van der Waals surface area (Å²) in [6, 6.07) is 19.4. The number of hydrogen-bond acceptors (Lipinski definition) is 4. The van der Waals surface area contributed by atoms with Crippen LogP contribution in [0.15, 0.2) is 85.3 Å². The monoisotopic (exact) mass is 501 g/mol. The number of hydrogen-bond donors (Lipinski definition) is 3. The van der Waals surface area contributed by atoms with Crippen molar-refractivity contribution < 1.29 is 9.59 Å². The highest BCUT2D eigenvalue weighted by molar-refractivity contribution is 6.35. The molecule has 5 rings (SSSR count). The van der Waals surface area contributed by atoms with Gasteiger partial charge in [-0.2, -0.15) is 0 Å². The molecule has 0 saturated heterocycles. The molecule has 9 heteroatoms. The number of fused-ring (bicyclic) bond motifs is 1. The van der Waals surface area contributed by atoms with E-state index in [-0.39, 0.29) is 10.6 Å². The third-order valence-corrected chi connectivity index (χ3v) is 6.00. The Labute approximate surface area is 210 Å². The summed E-state index contributed by atoms with van der Waals surface area (Å²) in [4.78, 5) is 36.6. The second-order valence-electron chi connectivity index (χ2n) is 7.62. The maximum atomic E-state index is 13.0. The van der Waals surface area contributed by atoms with Crippen molar-refractivity contribution in [2.45, 2.75) is 0 Å².